The lowest BCUT2D eigenvalue weighted by Gasteiger charge is -2.27. The van der Waals surface area contributed by atoms with E-state index < -0.39 is 29.2 Å². The summed E-state index contributed by atoms with van der Waals surface area (Å²) in [6, 6.07) is 9.37. The highest BCUT2D eigenvalue weighted by molar-refractivity contribution is 7.80. The second-order valence-electron chi connectivity index (χ2n) is 9.11. The Balaban J connectivity index is 1.60. The van der Waals surface area contributed by atoms with Gasteiger partial charge in [-0.05, 0) is 81.3 Å². The van der Waals surface area contributed by atoms with Gasteiger partial charge in [-0.25, -0.2) is 19.7 Å². The third-order valence-electron chi connectivity index (χ3n) is 5.89. The molecule has 0 saturated carbocycles. The van der Waals surface area contributed by atoms with Gasteiger partial charge < -0.3 is 10.2 Å². The molecule has 1 aliphatic rings. The molecule has 1 N–H and O–H groups in total. The van der Waals surface area contributed by atoms with Crippen LogP contribution < -0.4 is 10.2 Å². The fourth-order valence-electron chi connectivity index (χ4n) is 4.06. The molecule has 0 bridgehead atoms. The number of pyridine rings is 2. The summed E-state index contributed by atoms with van der Waals surface area (Å²) in [4.78, 5) is 37.4. The van der Waals surface area contributed by atoms with Crippen molar-refractivity contribution in [2.45, 2.75) is 50.9 Å². The Labute approximate surface area is 211 Å². The predicted octanol–water partition coefficient (Wildman–Crippen LogP) is 5.89. The van der Waals surface area contributed by atoms with Crippen molar-refractivity contribution in [3.05, 3.63) is 71.0 Å². The molecule has 0 radical (unpaired) electrons. The standard InChI is InChI=1S/C25H24F3N5O2S/c1-14-9-15(2)30-21(10-14)31-20-11-16(7-8-29-20)13-32-23(35)33(22(34)24(32,3)4)18-6-5-17(12-19(18)36)25(26,27)28/h5-12,36H,13H2,1-4H3,(H,29,30,31). The van der Waals surface area contributed by atoms with Crippen LogP contribution in [0.1, 0.15) is 36.2 Å². The number of aryl methyl sites for hydroxylation is 2. The molecule has 11 heteroatoms. The van der Waals surface area contributed by atoms with E-state index in [4.69, 9.17) is 0 Å². The summed E-state index contributed by atoms with van der Waals surface area (Å²) >= 11 is 4.13. The molecule has 3 heterocycles. The maximum Gasteiger partial charge on any atom is 0.416 e. The molecular weight excluding hydrogens is 491 g/mol. The van der Waals surface area contributed by atoms with Crippen molar-refractivity contribution in [3.63, 3.8) is 0 Å². The molecule has 188 valence electrons. The molecule has 36 heavy (non-hydrogen) atoms. The largest absolute Gasteiger partial charge is 0.416 e. The molecule has 7 nitrogen and oxygen atoms in total. The van der Waals surface area contributed by atoms with E-state index >= 15 is 0 Å². The zero-order valence-electron chi connectivity index (χ0n) is 20.0. The van der Waals surface area contributed by atoms with E-state index in [-0.39, 0.29) is 17.1 Å². The van der Waals surface area contributed by atoms with Crippen LogP contribution in [0.2, 0.25) is 0 Å². The van der Waals surface area contributed by atoms with Gasteiger partial charge in [-0.1, -0.05) is 0 Å². The van der Waals surface area contributed by atoms with Crippen LogP contribution in [0.3, 0.4) is 0 Å². The minimum absolute atomic E-state index is 0.00474. The van der Waals surface area contributed by atoms with E-state index in [1.807, 2.05) is 26.0 Å². The number of imide groups is 1. The van der Waals surface area contributed by atoms with Crippen LogP contribution in [0.5, 0.6) is 0 Å². The Morgan fingerprint density at radius 3 is 2.39 bits per heavy atom. The molecule has 0 spiro atoms. The van der Waals surface area contributed by atoms with Gasteiger partial charge in [0.25, 0.3) is 5.91 Å². The fourth-order valence-corrected chi connectivity index (χ4v) is 4.38. The SMILES string of the molecule is Cc1cc(C)nc(Nc2cc(CN3C(=O)N(c4ccc(C(F)(F)F)cc4S)C(=O)C3(C)C)ccn2)c1. The van der Waals surface area contributed by atoms with Crippen molar-refractivity contribution >= 4 is 41.9 Å². The number of hydrogen-bond donors (Lipinski definition) is 2. The van der Waals surface area contributed by atoms with Crippen LogP contribution in [-0.2, 0) is 17.5 Å². The minimum atomic E-state index is -4.57. The van der Waals surface area contributed by atoms with Gasteiger partial charge in [0.15, 0.2) is 0 Å². The monoisotopic (exact) mass is 515 g/mol. The number of benzene rings is 1. The van der Waals surface area contributed by atoms with Crippen LogP contribution in [0.15, 0.2) is 53.6 Å². The van der Waals surface area contributed by atoms with Gasteiger partial charge in [0.1, 0.15) is 17.2 Å². The van der Waals surface area contributed by atoms with Crippen LogP contribution in [0.25, 0.3) is 0 Å². The number of halogens is 3. The molecule has 0 unspecified atom stereocenters. The normalized spacial score (nSPS) is 15.6. The number of carbonyl (C=O) groups is 2. The number of anilines is 3. The Kier molecular flexibility index (Phi) is 6.46. The van der Waals surface area contributed by atoms with Crippen molar-refractivity contribution in [2.24, 2.45) is 0 Å². The van der Waals surface area contributed by atoms with Gasteiger partial charge in [-0.15, -0.1) is 12.6 Å². The van der Waals surface area contributed by atoms with Gasteiger partial charge in [0.05, 0.1) is 11.3 Å². The zero-order valence-corrected chi connectivity index (χ0v) is 20.9. The molecule has 1 aromatic carbocycles. The molecule has 4 rings (SSSR count). The van der Waals surface area contributed by atoms with Crippen LogP contribution in [0, 0.1) is 13.8 Å². The summed E-state index contributed by atoms with van der Waals surface area (Å²) in [7, 11) is 0. The quantitative estimate of drug-likeness (QED) is 0.327. The first kappa shape index (κ1) is 25.5. The van der Waals surface area contributed by atoms with E-state index in [1.165, 1.54) is 4.90 Å². The number of carbonyl (C=O) groups excluding carboxylic acids is 2. The van der Waals surface area contributed by atoms with Crippen molar-refractivity contribution in [1.29, 1.82) is 0 Å². The van der Waals surface area contributed by atoms with Gasteiger partial charge in [0.2, 0.25) is 0 Å². The Bertz CT molecular complexity index is 1340. The summed E-state index contributed by atoms with van der Waals surface area (Å²) in [6.45, 7) is 7.11. The van der Waals surface area contributed by atoms with Crippen molar-refractivity contribution < 1.29 is 22.8 Å². The highest BCUT2D eigenvalue weighted by atomic mass is 32.1. The topological polar surface area (TPSA) is 78.4 Å². The van der Waals surface area contributed by atoms with E-state index in [9.17, 15) is 22.8 Å². The van der Waals surface area contributed by atoms with Gasteiger partial charge in [0, 0.05) is 23.3 Å². The Hall–Kier alpha value is -3.60. The van der Waals surface area contributed by atoms with E-state index in [2.05, 4.69) is 27.9 Å². The predicted molar refractivity (Wildman–Crippen MR) is 132 cm³/mol. The number of nitrogens with one attached hydrogen (secondary N) is 1. The van der Waals surface area contributed by atoms with Crippen molar-refractivity contribution in [2.75, 3.05) is 10.2 Å². The highest BCUT2D eigenvalue weighted by Gasteiger charge is 2.52. The maximum atomic E-state index is 13.4. The first-order valence-electron chi connectivity index (χ1n) is 11.0. The molecule has 2 aromatic heterocycles. The van der Waals surface area contributed by atoms with Crippen LogP contribution in [-0.4, -0.2) is 32.3 Å². The molecule has 1 saturated heterocycles. The van der Waals surface area contributed by atoms with E-state index in [1.54, 1.807) is 32.2 Å². The lowest BCUT2D eigenvalue weighted by atomic mass is 10.0. The average Bonchev–Trinajstić information content (AvgIpc) is 2.92. The number of aromatic nitrogens is 2. The maximum absolute atomic E-state index is 13.4. The average molecular weight is 516 g/mol. The second kappa shape index (κ2) is 9.12. The van der Waals surface area contributed by atoms with Crippen molar-refractivity contribution in [3.8, 4) is 0 Å². The Morgan fingerprint density at radius 2 is 1.75 bits per heavy atom. The number of alkyl halides is 3. The molecule has 0 atom stereocenters. The molecular formula is C25H24F3N5O2S. The minimum Gasteiger partial charge on any atom is -0.325 e. The number of nitrogens with zero attached hydrogens (tertiary/aromatic N) is 4. The number of rotatable bonds is 5. The van der Waals surface area contributed by atoms with Crippen LogP contribution >= 0.6 is 12.6 Å². The number of hydrogen-bond acceptors (Lipinski definition) is 6. The summed E-state index contributed by atoms with van der Waals surface area (Å²) in [5, 5.41) is 3.15. The first-order valence-corrected chi connectivity index (χ1v) is 11.5. The lowest BCUT2D eigenvalue weighted by molar-refractivity contribution is -0.137. The molecule has 1 fully saturated rings. The number of thiol groups is 1. The number of amides is 3. The third-order valence-corrected chi connectivity index (χ3v) is 6.24. The lowest BCUT2D eigenvalue weighted by Crippen LogP contribution is -2.43. The molecule has 3 aromatic rings. The van der Waals surface area contributed by atoms with Gasteiger partial charge in [-0.2, -0.15) is 13.2 Å². The van der Waals surface area contributed by atoms with Crippen molar-refractivity contribution in [1.82, 2.24) is 14.9 Å². The highest BCUT2D eigenvalue weighted by Crippen LogP contribution is 2.39. The summed E-state index contributed by atoms with van der Waals surface area (Å²) < 4.78 is 39.2. The van der Waals surface area contributed by atoms with E-state index in [0.29, 0.717) is 17.2 Å². The summed E-state index contributed by atoms with van der Waals surface area (Å²) in [5.41, 5.74) is 0.425. The third kappa shape index (κ3) is 4.88. The Morgan fingerprint density at radius 1 is 1.03 bits per heavy atom. The molecule has 1 aliphatic heterocycles. The smallest absolute Gasteiger partial charge is 0.325 e. The van der Waals surface area contributed by atoms with Crippen LogP contribution in [0.4, 0.5) is 35.3 Å². The van der Waals surface area contributed by atoms with E-state index in [0.717, 1.165) is 34.4 Å². The fraction of sp³-hybridized carbons (Fsp3) is 0.280. The van der Waals surface area contributed by atoms with Gasteiger partial charge in [-0.3, -0.25) is 4.79 Å². The number of urea groups is 1. The zero-order chi connectivity index (χ0) is 26.4. The second-order valence-corrected chi connectivity index (χ2v) is 9.60. The van der Waals surface area contributed by atoms with Gasteiger partial charge >= 0.3 is 12.2 Å². The summed E-state index contributed by atoms with van der Waals surface area (Å²) in [6.07, 6.45) is -2.99. The molecule has 3 amide bonds. The summed E-state index contributed by atoms with van der Waals surface area (Å²) in [5.74, 6) is 0.576. The molecule has 0 aliphatic carbocycles. The first-order chi connectivity index (χ1) is 16.8.